The van der Waals surface area contributed by atoms with E-state index >= 15 is 0 Å². The number of fused-ring (bicyclic) bond motifs is 3. The van der Waals surface area contributed by atoms with E-state index in [0.717, 1.165) is 35.3 Å². The quantitative estimate of drug-likeness (QED) is 0.368. The molecule has 0 radical (unpaired) electrons. The molecular weight excluding hydrogens is 512 g/mol. The number of anilines is 1. The molecule has 2 bridgehead atoms. The lowest BCUT2D eigenvalue weighted by Crippen LogP contribution is -2.64. The van der Waals surface area contributed by atoms with Crippen LogP contribution in [0.25, 0.3) is 0 Å². The Bertz CT molecular complexity index is 1320. The molecule has 4 unspecified atom stereocenters. The Kier molecular flexibility index (Phi) is 7.20. The van der Waals surface area contributed by atoms with Crippen LogP contribution in [0.5, 0.6) is 0 Å². The van der Waals surface area contributed by atoms with Gasteiger partial charge in [-0.05, 0) is 61.5 Å². The first-order chi connectivity index (χ1) is 18.5. The molecule has 2 aliphatic carbocycles. The molecule has 2 heterocycles. The number of hydrogen-bond acceptors (Lipinski definition) is 6. The summed E-state index contributed by atoms with van der Waals surface area (Å²) in [5.74, 6) is -1.30. The van der Waals surface area contributed by atoms with Crippen LogP contribution in [0.1, 0.15) is 80.2 Å². The first-order valence-electron chi connectivity index (χ1n) is 14.0. The van der Waals surface area contributed by atoms with Gasteiger partial charge < -0.3 is 10.1 Å². The second-order valence-electron chi connectivity index (χ2n) is 12.1. The molecule has 3 amide bonds. The largest absolute Gasteiger partial charge is 0.462 e. The van der Waals surface area contributed by atoms with Crippen LogP contribution in [0, 0.1) is 22.7 Å². The topological polar surface area (TPSA) is 92.8 Å². The lowest BCUT2D eigenvalue weighted by Gasteiger charge is -2.49. The van der Waals surface area contributed by atoms with Crippen molar-refractivity contribution in [3.63, 3.8) is 0 Å². The Morgan fingerprint density at radius 3 is 2.56 bits per heavy atom. The van der Waals surface area contributed by atoms with E-state index in [9.17, 15) is 19.2 Å². The third-order valence-corrected chi connectivity index (χ3v) is 10.7. The molecule has 3 aliphatic rings. The Labute approximate surface area is 234 Å². The maximum absolute atomic E-state index is 14.1. The number of thiophene rings is 1. The number of carbonyl (C=O) groups excluding carboxylic acids is 4. The molecule has 5 rings (SSSR count). The van der Waals surface area contributed by atoms with Crippen molar-refractivity contribution in [3.8, 4) is 0 Å². The fourth-order valence-electron chi connectivity index (χ4n) is 6.74. The van der Waals surface area contributed by atoms with Crippen LogP contribution in [0.3, 0.4) is 0 Å². The molecular formula is C31H38N2O5S. The summed E-state index contributed by atoms with van der Waals surface area (Å²) >= 11 is 1.41. The number of benzene rings is 1. The SMILES string of the molecule is CCOC(=O)c1c(NC(=O)C(Cc2ccccc2)N2C(=O)C3CCC(C)(C2=O)C3(C)C)sc2c1CCC(C)C2. The Morgan fingerprint density at radius 2 is 1.87 bits per heavy atom. The van der Waals surface area contributed by atoms with Crippen molar-refractivity contribution in [1.29, 1.82) is 0 Å². The average Bonchev–Trinajstić information content (AvgIpc) is 3.33. The van der Waals surface area contributed by atoms with E-state index < -0.39 is 28.7 Å². The third kappa shape index (κ3) is 4.50. The van der Waals surface area contributed by atoms with E-state index in [1.807, 2.05) is 51.1 Å². The maximum Gasteiger partial charge on any atom is 0.341 e. The zero-order valence-corrected chi connectivity index (χ0v) is 24.3. The summed E-state index contributed by atoms with van der Waals surface area (Å²) in [4.78, 5) is 57.4. The molecule has 1 aliphatic heterocycles. The van der Waals surface area contributed by atoms with Gasteiger partial charge >= 0.3 is 5.97 Å². The van der Waals surface area contributed by atoms with Crippen LogP contribution in [0.2, 0.25) is 0 Å². The summed E-state index contributed by atoms with van der Waals surface area (Å²) in [6.07, 6.45) is 4.01. The number of ether oxygens (including phenoxy) is 1. The molecule has 208 valence electrons. The minimum atomic E-state index is -1.03. The smallest absolute Gasteiger partial charge is 0.341 e. The lowest BCUT2D eigenvalue weighted by atomic mass is 9.62. The molecule has 1 aromatic heterocycles. The highest BCUT2D eigenvalue weighted by Gasteiger charge is 2.65. The van der Waals surface area contributed by atoms with Crippen LogP contribution >= 0.6 is 11.3 Å². The van der Waals surface area contributed by atoms with E-state index in [4.69, 9.17) is 4.74 Å². The Hall–Kier alpha value is -3.00. The predicted octanol–water partition coefficient (Wildman–Crippen LogP) is 5.41. The number of piperidine rings is 1. The van der Waals surface area contributed by atoms with Gasteiger partial charge in [-0.25, -0.2) is 4.79 Å². The number of nitrogens with zero attached hydrogens (tertiary/aromatic N) is 1. The summed E-state index contributed by atoms with van der Waals surface area (Å²) in [5, 5.41) is 3.44. The number of rotatable bonds is 7. The van der Waals surface area contributed by atoms with Gasteiger partial charge in [0.05, 0.1) is 17.6 Å². The predicted molar refractivity (Wildman–Crippen MR) is 150 cm³/mol. The highest BCUT2D eigenvalue weighted by Crippen LogP contribution is 2.60. The monoisotopic (exact) mass is 550 g/mol. The molecule has 39 heavy (non-hydrogen) atoms. The summed E-state index contributed by atoms with van der Waals surface area (Å²) in [7, 11) is 0. The summed E-state index contributed by atoms with van der Waals surface area (Å²) in [6.45, 7) is 10.1. The minimum Gasteiger partial charge on any atom is -0.462 e. The van der Waals surface area contributed by atoms with Crippen LogP contribution in [-0.2, 0) is 38.4 Å². The van der Waals surface area contributed by atoms with Crippen molar-refractivity contribution >= 4 is 40.0 Å². The number of nitrogens with one attached hydrogen (secondary N) is 1. The van der Waals surface area contributed by atoms with E-state index in [-0.39, 0.29) is 30.8 Å². The number of carbonyl (C=O) groups is 4. The molecule has 2 aromatic rings. The normalized spacial score (nSPS) is 26.2. The summed E-state index contributed by atoms with van der Waals surface area (Å²) < 4.78 is 5.38. The molecule has 1 saturated heterocycles. The lowest BCUT2D eigenvalue weighted by molar-refractivity contribution is -0.172. The van der Waals surface area contributed by atoms with Crippen LogP contribution < -0.4 is 5.32 Å². The Morgan fingerprint density at radius 1 is 1.15 bits per heavy atom. The molecule has 4 atom stereocenters. The zero-order valence-electron chi connectivity index (χ0n) is 23.5. The number of imide groups is 1. The standard InChI is InChI=1S/C31H38N2O5S/c1-6-38-28(36)24-20-13-12-18(2)16-23(20)39-26(24)32-25(34)22(17-19-10-8-7-9-11-19)33-27(35)21-14-15-31(5,29(33)37)30(21,3)4/h7-11,18,21-22H,6,12-17H2,1-5H3,(H,32,34). The Balaban J connectivity index is 1.53. The summed E-state index contributed by atoms with van der Waals surface area (Å²) in [5.41, 5.74) is 1.01. The maximum atomic E-state index is 14.1. The second kappa shape index (κ2) is 10.2. The van der Waals surface area contributed by atoms with Crippen molar-refractivity contribution in [2.45, 2.75) is 79.2 Å². The minimum absolute atomic E-state index is 0.199. The van der Waals surface area contributed by atoms with Crippen molar-refractivity contribution in [2.75, 3.05) is 11.9 Å². The van der Waals surface area contributed by atoms with Crippen LogP contribution in [0.15, 0.2) is 30.3 Å². The number of amides is 3. The van der Waals surface area contributed by atoms with Crippen LogP contribution in [-0.4, -0.2) is 41.2 Å². The second-order valence-corrected chi connectivity index (χ2v) is 13.2. The molecule has 1 aromatic carbocycles. The highest BCUT2D eigenvalue weighted by molar-refractivity contribution is 7.17. The average molecular weight is 551 g/mol. The van der Waals surface area contributed by atoms with Gasteiger partial charge in [0.25, 0.3) is 0 Å². The highest BCUT2D eigenvalue weighted by atomic mass is 32.1. The zero-order chi connectivity index (χ0) is 28.1. The summed E-state index contributed by atoms with van der Waals surface area (Å²) in [6, 6.07) is 8.42. The van der Waals surface area contributed by atoms with E-state index in [0.29, 0.717) is 29.3 Å². The van der Waals surface area contributed by atoms with Crippen molar-refractivity contribution < 1.29 is 23.9 Å². The number of hydrogen-bond donors (Lipinski definition) is 1. The van der Waals surface area contributed by atoms with Gasteiger partial charge in [0.2, 0.25) is 17.7 Å². The fraction of sp³-hybridized carbons (Fsp3) is 0.548. The van der Waals surface area contributed by atoms with Gasteiger partial charge in [0.1, 0.15) is 11.0 Å². The van der Waals surface area contributed by atoms with Crippen molar-refractivity contribution in [1.82, 2.24) is 4.90 Å². The first kappa shape index (κ1) is 27.6. The van der Waals surface area contributed by atoms with E-state index in [2.05, 4.69) is 12.2 Å². The molecule has 0 spiro atoms. The van der Waals surface area contributed by atoms with Gasteiger partial charge in [-0.1, -0.05) is 58.0 Å². The van der Waals surface area contributed by atoms with Gasteiger partial charge in [0.15, 0.2) is 0 Å². The molecule has 2 fully saturated rings. The van der Waals surface area contributed by atoms with Gasteiger partial charge in [0, 0.05) is 17.2 Å². The number of esters is 1. The van der Waals surface area contributed by atoms with Crippen molar-refractivity contribution in [3.05, 3.63) is 51.9 Å². The molecule has 7 nitrogen and oxygen atoms in total. The van der Waals surface area contributed by atoms with Gasteiger partial charge in [-0.3, -0.25) is 19.3 Å². The van der Waals surface area contributed by atoms with Crippen molar-refractivity contribution in [2.24, 2.45) is 22.7 Å². The molecule has 1 N–H and O–H groups in total. The van der Waals surface area contributed by atoms with Gasteiger partial charge in [-0.2, -0.15) is 0 Å². The van der Waals surface area contributed by atoms with E-state index in [1.165, 1.54) is 16.2 Å². The van der Waals surface area contributed by atoms with Crippen LogP contribution in [0.4, 0.5) is 5.00 Å². The first-order valence-corrected chi connectivity index (χ1v) is 14.8. The molecule has 8 heteroatoms. The molecule has 1 saturated carbocycles. The van der Waals surface area contributed by atoms with Gasteiger partial charge in [-0.15, -0.1) is 11.3 Å². The fourth-order valence-corrected chi connectivity index (χ4v) is 8.14. The third-order valence-electron chi connectivity index (χ3n) is 9.57. The number of likely N-dealkylation sites (tertiary alicyclic amines) is 1. The van der Waals surface area contributed by atoms with E-state index in [1.54, 1.807) is 6.92 Å².